The normalized spacial score (nSPS) is 10.4. The number of nitrogens with zero attached hydrogens (tertiary/aromatic N) is 3. The molecule has 1 N–H and O–H groups in total. The minimum Gasteiger partial charge on any atom is -0.281 e. The first-order chi connectivity index (χ1) is 5.84. The van der Waals surface area contributed by atoms with Gasteiger partial charge >= 0.3 is 5.69 Å². The summed E-state index contributed by atoms with van der Waals surface area (Å²) >= 11 is 0. The molecule has 64 valence electrons. The molecule has 0 amide bonds. The van der Waals surface area contributed by atoms with Gasteiger partial charge in [-0.15, -0.1) is 4.79 Å². The Balaban J connectivity index is 2.70. The van der Waals surface area contributed by atoms with Crippen molar-refractivity contribution in [2.24, 2.45) is 0 Å². The smallest absolute Gasteiger partial charge is 0.281 e. The second kappa shape index (κ2) is 4.27. The molecule has 1 aromatic heterocycles. The van der Waals surface area contributed by atoms with Gasteiger partial charge in [0, 0.05) is 6.20 Å². The largest absolute Gasteiger partial charge is 0.383 e. The lowest BCUT2D eigenvalue weighted by molar-refractivity contribution is 0.700. The van der Waals surface area contributed by atoms with Gasteiger partial charge in [-0.05, 0) is 6.42 Å². The van der Waals surface area contributed by atoms with Crippen molar-refractivity contribution in [2.75, 3.05) is 5.43 Å². The number of nitrogens with one attached hydrogen (secondary N) is 1. The Morgan fingerprint density at radius 3 is 3.17 bits per heavy atom. The number of hydrogen-bond acceptors (Lipinski definition) is 4. The Bertz CT molecular complexity index is 317. The second-order valence-corrected chi connectivity index (χ2v) is 2.08. The van der Waals surface area contributed by atoms with Gasteiger partial charge in [0.2, 0.25) is 0 Å². The van der Waals surface area contributed by atoms with Crippen LogP contribution in [0.3, 0.4) is 0 Å². The maximum absolute atomic E-state index is 10.9. The third-order valence-electron chi connectivity index (χ3n) is 1.17. The van der Waals surface area contributed by atoms with Crippen LogP contribution in [0.2, 0.25) is 0 Å². The van der Waals surface area contributed by atoms with Gasteiger partial charge in [0.15, 0.2) is 0 Å². The van der Waals surface area contributed by atoms with Crippen LogP contribution in [0, 0.1) is 0 Å². The highest BCUT2D eigenvalue weighted by atomic mass is 16.2. The summed E-state index contributed by atoms with van der Waals surface area (Å²) < 4.78 is 0. The molecule has 1 rings (SSSR count). The van der Waals surface area contributed by atoms with E-state index in [1.807, 2.05) is 13.0 Å². The maximum atomic E-state index is 10.9. The van der Waals surface area contributed by atoms with Gasteiger partial charge in [0.25, 0.3) is 0 Å². The fourth-order valence-electron chi connectivity index (χ4n) is 0.627. The van der Waals surface area contributed by atoms with Crippen molar-refractivity contribution in [2.45, 2.75) is 13.3 Å². The minimum atomic E-state index is -0.418. The highest BCUT2D eigenvalue weighted by Crippen LogP contribution is 1.75. The van der Waals surface area contributed by atoms with Crippen LogP contribution in [0.5, 0.6) is 0 Å². The molecule has 0 aliphatic carbocycles. The maximum Gasteiger partial charge on any atom is 0.383 e. The van der Waals surface area contributed by atoms with E-state index in [4.69, 9.17) is 0 Å². The van der Waals surface area contributed by atoms with E-state index in [-0.39, 0.29) is 0 Å². The molecule has 0 saturated heterocycles. The fourth-order valence-corrected chi connectivity index (χ4v) is 0.627. The Morgan fingerprint density at radius 1 is 1.67 bits per heavy atom. The second-order valence-electron chi connectivity index (χ2n) is 2.08. The first-order valence-corrected chi connectivity index (χ1v) is 3.66. The lowest BCUT2D eigenvalue weighted by Crippen LogP contribution is -2.29. The monoisotopic (exact) mass is 166 g/mol. The molecular weight excluding hydrogens is 156 g/mol. The van der Waals surface area contributed by atoms with Crippen molar-refractivity contribution < 1.29 is 0 Å². The fraction of sp³-hybridized carbons (Fsp3) is 0.286. The van der Waals surface area contributed by atoms with E-state index < -0.39 is 5.69 Å². The summed E-state index contributed by atoms with van der Waals surface area (Å²) in [6, 6.07) is 0. The summed E-state index contributed by atoms with van der Waals surface area (Å²) in [5, 5.41) is 3.73. The topological polar surface area (TPSA) is 59.8 Å². The molecule has 12 heavy (non-hydrogen) atoms. The number of rotatable bonds is 3. The van der Waals surface area contributed by atoms with E-state index in [0.717, 1.165) is 11.2 Å². The zero-order chi connectivity index (χ0) is 8.81. The quantitative estimate of drug-likeness (QED) is 0.692. The summed E-state index contributed by atoms with van der Waals surface area (Å²) in [6.07, 6.45) is 7.22. The van der Waals surface area contributed by atoms with Crippen molar-refractivity contribution in [1.29, 1.82) is 0 Å². The Morgan fingerprint density at radius 2 is 2.50 bits per heavy atom. The molecule has 0 aliphatic heterocycles. The molecule has 0 fully saturated rings. The summed E-state index contributed by atoms with van der Waals surface area (Å²) in [7, 11) is 0. The first kappa shape index (κ1) is 8.45. The summed E-state index contributed by atoms with van der Waals surface area (Å²) in [5.41, 5.74) is 2.25. The Labute approximate surface area is 69.7 Å². The zero-order valence-electron chi connectivity index (χ0n) is 6.77. The molecule has 0 unspecified atom stereocenters. The standard InChI is InChI=1S/C7H10N4O/c1-2-3-4-9-11-7(12)8-5-6-10-11/h3-6,9H,2H2,1H3/b4-3+. The highest BCUT2D eigenvalue weighted by Gasteiger charge is 1.89. The molecule has 0 radical (unpaired) electrons. The third kappa shape index (κ3) is 2.19. The molecule has 0 bridgehead atoms. The Hall–Kier alpha value is -1.65. The predicted octanol–water partition coefficient (Wildman–Crippen LogP) is 0.105. The molecule has 0 atom stereocenters. The summed E-state index contributed by atoms with van der Waals surface area (Å²) in [6.45, 7) is 2.00. The van der Waals surface area contributed by atoms with Crippen molar-refractivity contribution in [3.05, 3.63) is 35.2 Å². The number of hydrogen-bond donors (Lipinski definition) is 1. The molecule has 0 aliphatic rings. The molecular formula is C7H10N4O. The van der Waals surface area contributed by atoms with E-state index >= 15 is 0 Å². The Kier molecular flexibility index (Phi) is 3.01. The van der Waals surface area contributed by atoms with Gasteiger partial charge in [0.1, 0.15) is 0 Å². The lowest BCUT2D eigenvalue weighted by atomic mass is 10.5. The van der Waals surface area contributed by atoms with Crippen molar-refractivity contribution in [3.63, 3.8) is 0 Å². The SMILES string of the molecule is CC/C=C/Nn1nccnc1=O. The molecule has 5 nitrogen and oxygen atoms in total. The van der Waals surface area contributed by atoms with E-state index in [2.05, 4.69) is 15.5 Å². The van der Waals surface area contributed by atoms with Gasteiger partial charge in [-0.25, -0.2) is 4.79 Å². The molecule has 1 heterocycles. The first-order valence-electron chi connectivity index (χ1n) is 3.66. The van der Waals surface area contributed by atoms with Crippen LogP contribution in [0.4, 0.5) is 0 Å². The van der Waals surface area contributed by atoms with Gasteiger partial charge < -0.3 is 0 Å². The van der Waals surface area contributed by atoms with Gasteiger partial charge in [-0.1, -0.05) is 13.0 Å². The average Bonchev–Trinajstić information content (AvgIpc) is 2.09. The summed E-state index contributed by atoms with van der Waals surface area (Å²) in [5.74, 6) is 0. The van der Waals surface area contributed by atoms with E-state index in [1.165, 1.54) is 12.4 Å². The van der Waals surface area contributed by atoms with Crippen molar-refractivity contribution in [3.8, 4) is 0 Å². The molecule has 1 aromatic rings. The molecule has 0 spiro atoms. The van der Waals surface area contributed by atoms with E-state index in [1.54, 1.807) is 6.20 Å². The molecule has 5 heteroatoms. The van der Waals surface area contributed by atoms with Crippen LogP contribution in [0.25, 0.3) is 0 Å². The van der Waals surface area contributed by atoms with Crippen LogP contribution >= 0.6 is 0 Å². The summed E-state index contributed by atoms with van der Waals surface area (Å²) in [4.78, 5) is 15.5. The third-order valence-corrected chi connectivity index (χ3v) is 1.17. The highest BCUT2D eigenvalue weighted by molar-refractivity contribution is 4.88. The predicted molar refractivity (Wildman–Crippen MR) is 45.1 cm³/mol. The average molecular weight is 166 g/mol. The molecule has 0 saturated carbocycles. The minimum absolute atomic E-state index is 0.418. The number of allylic oxidation sites excluding steroid dienone is 1. The van der Waals surface area contributed by atoms with Crippen LogP contribution in [0.1, 0.15) is 13.3 Å². The van der Waals surface area contributed by atoms with Crippen LogP contribution in [-0.4, -0.2) is 14.9 Å². The number of aromatic nitrogens is 3. The molecule has 0 aromatic carbocycles. The van der Waals surface area contributed by atoms with Crippen molar-refractivity contribution >= 4 is 0 Å². The lowest BCUT2D eigenvalue weighted by Gasteiger charge is -1.98. The van der Waals surface area contributed by atoms with E-state index in [0.29, 0.717) is 0 Å². The van der Waals surface area contributed by atoms with Crippen LogP contribution < -0.4 is 11.1 Å². The van der Waals surface area contributed by atoms with Crippen LogP contribution in [-0.2, 0) is 0 Å². The zero-order valence-corrected chi connectivity index (χ0v) is 6.77. The van der Waals surface area contributed by atoms with Crippen molar-refractivity contribution in [1.82, 2.24) is 14.9 Å². The van der Waals surface area contributed by atoms with Gasteiger partial charge in [-0.2, -0.15) is 10.1 Å². The van der Waals surface area contributed by atoms with Gasteiger partial charge in [-0.3, -0.25) is 5.43 Å². The van der Waals surface area contributed by atoms with Crippen LogP contribution in [0.15, 0.2) is 29.5 Å². The van der Waals surface area contributed by atoms with Gasteiger partial charge in [0.05, 0.1) is 12.4 Å². The van der Waals surface area contributed by atoms with E-state index in [9.17, 15) is 4.79 Å².